The number of aliphatic hydroxyl groups excluding tert-OH is 1. The molecule has 0 unspecified atom stereocenters. The molecule has 3 heterocycles. The molecule has 186 valence electrons. The van der Waals surface area contributed by atoms with Gasteiger partial charge in [0, 0.05) is 38.1 Å². The van der Waals surface area contributed by atoms with E-state index >= 15 is 0 Å². The summed E-state index contributed by atoms with van der Waals surface area (Å²) < 4.78 is 23.2. The first-order chi connectivity index (χ1) is 16.2. The third-order valence-electron chi connectivity index (χ3n) is 6.20. The molecule has 1 saturated heterocycles. The van der Waals surface area contributed by atoms with Crippen molar-refractivity contribution in [2.45, 2.75) is 57.7 Å². The molecule has 2 aliphatic heterocycles. The average Bonchev–Trinajstić information content (AvgIpc) is 3.33. The number of nitrogens with zero attached hydrogens (tertiary/aromatic N) is 1. The van der Waals surface area contributed by atoms with Gasteiger partial charge in [0.15, 0.2) is 5.76 Å². The summed E-state index contributed by atoms with van der Waals surface area (Å²) in [5.41, 5.74) is 1.18. The van der Waals surface area contributed by atoms with E-state index in [-0.39, 0.29) is 24.3 Å². The van der Waals surface area contributed by atoms with Gasteiger partial charge in [-0.3, -0.25) is 4.79 Å². The van der Waals surface area contributed by atoms with Gasteiger partial charge < -0.3 is 29.0 Å². The first-order valence-corrected chi connectivity index (χ1v) is 13.3. The molecule has 0 saturated carbocycles. The Balaban J connectivity index is 1.70. The zero-order chi connectivity index (χ0) is 23.3. The number of hydrogen-bond acceptors (Lipinski definition) is 7. The van der Waals surface area contributed by atoms with Crippen molar-refractivity contribution in [1.29, 1.82) is 0 Å². The van der Waals surface area contributed by atoms with Crippen LogP contribution >= 0.6 is 11.3 Å². The molecule has 0 aromatic carbocycles. The fourth-order valence-electron chi connectivity index (χ4n) is 4.49. The number of amides is 1. The smallest absolute Gasteiger partial charge is 0.288 e. The van der Waals surface area contributed by atoms with E-state index in [1.165, 1.54) is 24.8 Å². The second-order valence-electron chi connectivity index (χ2n) is 8.52. The van der Waals surface area contributed by atoms with E-state index in [1.54, 1.807) is 11.3 Å². The molecule has 1 aromatic rings. The van der Waals surface area contributed by atoms with E-state index in [2.05, 4.69) is 16.8 Å². The van der Waals surface area contributed by atoms with Crippen molar-refractivity contribution in [3.8, 4) is 0 Å². The Labute approximate surface area is 201 Å². The highest BCUT2D eigenvalue weighted by molar-refractivity contribution is 7.08. The van der Waals surface area contributed by atoms with Gasteiger partial charge in [-0.1, -0.05) is 19.3 Å². The van der Waals surface area contributed by atoms with Gasteiger partial charge in [0.1, 0.15) is 0 Å². The van der Waals surface area contributed by atoms with Crippen molar-refractivity contribution in [2.24, 2.45) is 5.92 Å². The van der Waals surface area contributed by atoms with Crippen molar-refractivity contribution in [2.75, 3.05) is 52.7 Å². The number of ether oxygens (including phenoxy) is 4. The van der Waals surface area contributed by atoms with Crippen molar-refractivity contribution in [3.05, 3.63) is 34.2 Å². The van der Waals surface area contributed by atoms with Gasteiger partial charge in [0.2, 0.25) is 6.29 Å². The van der Waals surface area contributed by atoms with Crippen LogP contribution in [0, 0.1) is 5.92 Å². The number of carbonyl (C=O) groups excluding carboxylic acids is 1. The molecule has 33 heavy (non-hydrogen) atoms. The Hall–Kier alpha value is -1.45. The van der Waals surface area contributed by atoms with Gasteiger partial charge in [0.05, 0.1) is 26.4 Å². The second-order valence-corrected chi connectivity index (χ2v) is 9.30. The first kappa shape index (κ1) is 26.2. The van der Waals surface area contributed by atoms with Crippen LogP contribution in [-0.4, -0.2) is 74.9 Å². The molecule has 2 aliphatic rings. The topological polar surface area (TPSA) is 77.5 Å². The molecule has 0 spiro atoms. The average molecular weight is 482 g/mol. The number of allylic oxidation sites excluding steroid dienone is 1. The molecule has 0 radical (unpaired) electrons. The summed E-state index contributed by atoms with van der Waals surface area (Å²) in [6, 6.07) is 2.12. The molecule has 3 rings (SSSR count). The van der Waals surface area contributed by atoms with E-state index < -0.39 is 6.29 Å². The third-order valence-corrected chi connectivity index (χ3v) is 6.90. The van der Waals surface area contributed by atoms with Gasteiger partial charge in [-0.15, -0.1) is 0 Å². The minimum absolute atomic E-state index is 0.0161. The van der Waals surface area contributed by atoms with Crippen molar-refractivity contribution >= 4 is 17.2 Å². The largest absolute Gasteiger partial charge is 0.459 e. The number of hydrogen-bond donors (Lipinski definition) is 1. The summed E-state index contributed by atoms with van der Waals surface area (Å²) in [5.74, 6) is 0.476. The lowest BCUT2D eigenvalue weighted by Crippen LogP contribution is -2.41. The summed E-state index contributed by atoms with van der Waals surface area (Å²) in [4.78, 5) is 15.4. The van der Waals surface area contributed by atoms with Crippen LogP contribution in [0.15, 0.2) is 28.7 Å². The number of aliphatic hydroxyl groups is 1. The molecule has 0 bridgehead atoms. The van der Waals surface area contributed by atoms with Gasteiger partial charge in [-0.25, -0.2) is 0 Å². The standard InChI is InChI=1S/C25H39NO6S/c1-2-31-25-21(8-13-29-15-16-30-14-12-27)22(20-9-17-33-19-20)18-23(32-25)24(28)26-10-6-4-3-5-7-11-26/h9,17-19,21-22,25,27H,2-8,10-16H2,1H3/t21-,22+,25+/m1/s1. The van der Waals surface area contributed by atoms with Crippen LogP contribution in [0.5, 0.6) is 0 Å². The van der Waals surface area contributed by atoms with E-state index in [1.807, 2.05) is 17.9 Å². The molecular formula is C25H39NO6S. The van der Waals surface area contributed by atoms with Crippen LogP contribution in [0.2, 0.25) is 0 Å². The van der Waals surface area contributed by atoms with E-state index in [4.69, 9.17) is 24.1 Å². The van der Waals surface area contributed by atoms with E-state index in [0.717, 1.165) is 32.4 Å². The summed E-state index contributed by atoms with van der Waals surface area (Å²) in [6.07, 6.45) is 7.96. The summed E-state index contributed by atoms with van der Waals surface area (Å²) in [5, 5.41) is 13.0. The SMILES string of the molecule is CCO[C@H]1OC(C(=O)N2CCCCCCC2)=C[C@@H](c2ccsc2)[C@H]1CCOCCOCCO. The normalized spacial score (nSPS) is 24.0. The van der Waals surface area contributed by atoms with E-state index in [0.29, 0.717) is 38.8 Å². The van der Waals surface area contributed by atoms with Crippen molar-refractivity contribution in [3.63, 3.8) is 0 Å². The Morgan fingerprint density at radius 2 is 1.85 bits per heavy atom. The van der Waals surface area contributed by atoms with Gasteiger partial charge in [0.25, 0.3) is 5.91 Å². The van der Waals surface area contributed by atoms with Crippen molar-refractivity contribution in [1.82, 2.24) is 4.90 Å². The molecule has 8 heteroatoms. The second kappa shape index (κ2) is 14.7. The highest BCUT2D eigenvalue weighted by Gasteiger charge is 2.39. The number of thiophene rings is 1. The maximum absolute atomic E-state index is 13.4. The fraction of sp³-hybridized carbons (Fsp3) is 0.720. The Bertz CT molecular complexity index is 702. The van der Waals surface area contributed by atoms with E-state index in [9.17, 15) is 4.79 Å². The monoisotopic (exact) mass is 481 g/mol. The van der Waals surface area contributed by atoms with Gasteiger partial charge >= 0.3 is 0 Å². The molecule has 0 aliphatic carbocycles. The first-order valence-electron chi connectivity index (χ1n) is 12.3. The number of rotatable bonds is 12. The molecular weight excluding hydrogens is 442 g/mol. The predicted molar refractivity (Wildman–Crippen MR) is 128 cm³/mol. The number of likely N-dealkylation sites (tertiary alicyclic amines) is 1. The lowest BCUT2D eigenvalue weighted by molar-refractivity contribution is -0.172. The van der Waals surface area contributed by atoms with Crippen LogP contribution in [0.25, 0.3) is 0 Å². The van der Waals surface area contributed by atoms with Crippen LogP contribution in [0.4, 0.5) is 0 Å². The molecule has 1 N–H and O–H groups in total. The minimum Gasteiger partial charge on any atom is -0.459 e. The van der Waals surface area contributed by atoms with Crippen LogP contribution < -0.4 is 0 Å². The third kappa shape index (κ3) is 8.07. The Morgan fingerprint density at radius 3 is 2.52 bits per heavy atom. The fourth-order valence-corrected chi connectivity index (χ4v) is 5.19. The van der Waals surface area contributed by atoms with Crippen LogP contribution in [0.1, 0.15) is 56.9 Å². The maximum atomic E-state index is 13.4. The molecule has 1 fully saturated rings. The molecule has 1 amide bonds. The molecule has 7 nitrogen and oxygen atoms in total. The number of carbonyl (C=O) groups is 1. The molecule has 3 atom stereocenters. The summed E-state index contributed by atoms with van der Waals surface area (Å²) >= 11 is 1.66. The maximum Gasteiger partial charge on any atom is 0.288 e. The van der Waals surface area contributed by atoms with Crippen LogP contribution in [0.3, 0.4) is 0 Å². The lowest BCUT2D eigenvalue weighted by Gasteiger charge is -2.38. The highest BCUT2D eigenvalue weighted by Crippen LogP contribution is 2.40. The minimum atomic E-state index is -0.493. The Morgan fingerprint density at radius 1 is 1.12 bits per heavy atom. The predicted octanol–water partition coefficient (Wildman–Crippen LogP) is 3.93. The summed E-state index contributed by atoms with van der Waals surface area (Å²) in [6.45, 7) is 5.86. The van der Waals surface area contributed by atoms with Gasteiger partial charge in [-0.2, -0.15) is 11.3 Å². The lowest BCUT2D eigenvalue weighted by atomic mass is 9.82. The van der Waals surface area contributed by atoms with Crippen molar-refractivity contribution < 1.29 is 28.8 Å². The quantitative estimate of drug-likeness (QED) is 0.456. The molecule has 1 aromatic heterocycles. The zero-order valence-electron chi connectivity index (χ0n) is 19.8. The van der Waals surface area contributed by atoms with Gasteiger partial charge in [-0.05, 0) is 54.7 Å². The Kier molecular flexibility index (Phi) is 11.7. The summed E-state index contributed by atoms with van der Waals surface area (Å²) in [7, 11) is 0. The zero-order valence-corrected chi connectivity index (χ0v) is 20.6. The van der Waals surface area contributed by atoms with Crippen LogP contribution in [-0.2, 0) is 23.7 Å². The highest BCUT2D eigenvalue weighted by atomic mass is 32.1.